The molecular weight excluding hydrogens is 431 g/mol. The molecule has 9 heteroatoms. The van der Waals surface area contributed by atoms with E-state index in [1.165, 1.54) is 18.2 Å². The van der Waals surface area contributed by atoms with Gasteiger partial charge in [0.15, 0.2) is 0 Å². The van der Waals surface area contributed by atoms with Gasteiger partial charge in [-0.25, -0.2) is 22.9 Å². The second-order valence-corrected chi connectivity index (χ2v) is 8.56. The fourth-order valence-electron chi connectivity index (χ4n) is 3.35. The van der Waals surface area contributed by atoms with E-state index in [1.807, 2.05) is 25.1 Å². The number of nitrogens with one attached hydrogen (secondary N) is 1. The molecule has 0 amide bonds. The first kappa shape index (κ1) is 21.7. The summed E-state index contributed by atoms with van der Waals surface area (Å²) in [6, 6.07) is 18.3. The van der Waals surface area contributed by atoms with Gasteiger partial charge >= 0.3 is 0 Å². The third kappa shape index (κ3) is 4.68. The van der Waals surface area contributed by atoms with Crippen LogP contribution in [0, 0.1) is 5.82 Å². The van der Waals surface area contributed by atoms with Crippen molar-refractivity contribution in [1.82, 2.24) is 9.97 Å². The van der Waals surface area contributed by atoms with Gasteiger partial charge in [0, 0.05) is 6.54 Å². The molecule has 1 aromatic heterocycles. The minimum atomic E-state index is -3.85. The average molecular weight is 453 g/mol. The lowest BCUT2D eigenvalue weighted by Crippen LogP contribution is -2.16. The van der Waals surface area contributed by atoms with Crippen LogP contribution in [0.15, 0.2) is 71.6 Å². The van der Waals surface area contributed by atoms with E-state index in [1.54, 1.807) is 30.3 Å². The van der Waals surface area contributed by atoms with Crippen LogP contribution >= 0.6 is 0 Å². The topological polar surface area (TPSA) is 107 Å². The van der Waals surface area contributed by atoms with Gasteiger partial charge in [-0.15, -0.1) is 0 Å². The Morgan fingerprint density at radius 1 is 1.00 bits per heavy atom. The molecule has 3 N–H and O–H groups in total. The first-order chi connectivity index (χ1) is 15.3. The summed E-state index contributed by atoms with van der Waals surface area (Å²) in [5, 5.41) is 9.07. The molecule has 0 atom stereocenters. The summed E-state index contributed by atoms with van der Waals surface area (Å²) in [5.41, 5.74) is 2.89. The zero-order valence-electron chi connectivity index (χ0n) is 17.2. The summed E-state index contributed by atoms with van der Waals surface area (Å²) >= 11 is 0. The van der Waals surface area contributed by atoms with E-state index in [0.29, 0.717) is 34.9 Å². The minimum absolute atomic E-state index is 0.0438. The number of nitrogens with zero attached hydrogens (tertiary/aromatic N) is 2. The monoisotopic (exact) mass is 452 g/mol. The summed E-state index contributed by atoms with van der Waals surface area (Å²) in [6.07, 6.45) is 0. The van der Waals surface area contributed by atoms with E-state index in [0.717, 1.165) is 11.1 Å². The maximum atomic E-state index is 13.3. The molecule has 32 heavy (non-hydrogen) atoms. The fourth-order valence-corrected chi connectivity index (χ4v) is 4.12. The number of aromatic nitrogens is 2. The van der Waals surface area contributed by atoms with Gasteiger partial charge in [-0.3, -0.25) is 0 Å². The van der Waals surface area contributed by atoms with Crippen molar-refractivity contribution in [2.75, 3.05) is 11.9 Å². The summed E-state index contributed by atoms with van der Waals surface area (Å²) < 4.78 is 42.6. The summed E-state index contributed by atoms with van der Waals surface area (Å²) in [4.78, 5) is 9.04. The minimum Gasteiger partial charge on any atom is -0.477 e. The molecule has 0 fully saturated rings. The number of sulfonamides is 1. The summed E-state index contributed by atoms with van der Waals surface area (Å²) in [5.74, 6) is 0.385. The van der Waals surface area contributed by atoms with Gasteiger partial charge in [-0.05, 0) is 53.9 Å². The number of nitrogens with two attached hydrogens (primary N) is 1. The lowest BCUT2D eigenvalue weighted by Gasteiger charge is -2.13. The molecule has 0 bridgehead atoms. The number of primary sulfonamides is 1. The van der Waals surface area contributed by atoms with Crippen molar-refractivity contribution in [3.63, 3.8) is 0 Å². The van der Waals surface area contributed by atoms with Crippen molar-refractivity contribution >= 4 is 26.9 Å². The highest BCUT2D eigenvalue weighted by atomic mass is 32.2. The Kier molecular flexibility index (Phi) is 6.02. The molecule has 0 saturated carbocycles. The molecule has 0 aliphatic rings. The van der Waals surface area contributed by atoms with E-state index in [9.17, 15) is 12.8 Å². The Hall–Kier alpha value is -3.56. The average Bonchev–Trinajstić information content (AvgIpc) is 2.78. The van der Waals surface area contributed by atoms with E-state index in [2.05, 4.69) is 15.3 Å². The number of halogens is 1. The molecule has 1 heterocycles. The van der Waals surface area contributed by atoms with Gasteiger partial charge in [0.1, 0.15) is 5.82 Å². The quantitative estimate of drug-likeness (QED) is 0.437. The standard InChI is InChI=1S/C23H21FN4O3S/c1-2-31-22-19-13-16(15-7-10-18(24)11-8-15)9-12-20(19)27-23(28-22)26-14-17-5-3-4-6-21(17)32(25,29)30/h3-13H,2,14H2,1H3,(H2,25,29,30)(H,26,27,28). The van der Waals surface area contributed by atoms with Crippen LogP contribution in [0.3, 0.4) is 0 Å². The first-order valence-corrected chi connectivity index (χ1v) is 11.4. The zero-order valence-corrected chi connectivity index (χ0v) is 18.1. The number of hydrogen-bond donors (Lipinski definition) is 2. The second kappa shape index (κ2) is 8.89. The number of hydrogen-bond acceptors (Lipinski definition) is 6. The van der Waals surface area contributed by atoms with Gasteiger partial charge < -0.3 is 10.1 Å². The lowest BCUT2D eigenvalue weighted by atomic mass is 10.0. The molecule has 164 valence electrons. The molecule has 7 nitrogen and oxygen atoms in total. The van der Waals surface area contributed by atoms with Crippen LogP contribution in [0.5, 0.6) is 5.88 Å². The van der Waals surface area contributed by atoms with Crippen LogP contribution in [0.1, 0.15) is 12.5 Å². The van der Waals surface area contributed by atoms with E-state index < -0.39 is 10.0 Å². The fraction of sp³-hybridized carbons (Fsp3) is 0.130. The number of benzene rings is 3. The van der Waals surface area contributed by atoms with Crippen LogP contribution in [0.25, 0.3) is 22.0 Å². The molecular formula is C23H21FN4O3S. The van der Waals surface area contributed by atoms with Crippen LogP contribution in [0.4, 0.5) is 10.3 Å². The Bertz CT molecular complexity index is 1380. The largest absolute Gasteiger partial charge is 0.477 e. The van der Waals surface area contributed by atoms with Gasteiger partial charge in [-0.1, -0.05) is 36.4 Å². The van der Waals surface area contributed by atoms with Crippen LogP contribution in [-0.4, -0.2) is 25.0 Å². The van der Waals surface area contributed by atoms with E-state index >= 15 is 0 Å². The number of anilines is 1. The van der Waals surface area contributed by atoms with Gasteiger partial charge in [0.2, 0.25) is 21.9 Å². The highest BCUT2D eigenvalue weighted by Gasteiger charge is 2.15. The van der Waals surface area contributed by atoms with Crippen molar-refractivity contribution in [2.24, 2.45) is 5.14 Å². The normalized spacial score (nSPS) is 11.5. The van der Waals surface area contributed by atoms with Crippen molar-refractivity contribution in [3.8, 4) is 17.0 Å². The molecule has 0 aliphatic carbocycles. The predicted octanol–water partition coefficient (Wildman–Crippen LogP) is 4.09. The van der Waals surface area contributed by atoms with Crippen molar-refractivity contribution in [1.29, 1.82) is 0 Å². The third-order valence-corrected chi connectivity index (χ3v) is 5.85. The third-order valence-electron chi connectivity index (χ3n) is 4.84. The number of ether oxygens (including phenoxy) is 1. The maximum Gasteiger partial charge on any atom is 0.238 e. The second-order valence-electron chi connectivity index (χ2n) is 7.03. The molecule has 0 saturated heterocycles. The Labute approximate surface area is 185 Å². The molecule has 0 radical (unpaired) electrons. The number of rotatable bonds is 7. The molecule has 3 aromatic carbocycles. The lowest BCUT2D eigenvalue weighted by molar-refractivity contribution is 0.331. The van der Waals surface area contributed by atoms with Gasteiger partial charge in [0.05, 0.1) is 22.4 Å². The van der Waals surface area contributed by atoms with Crippen molar-refractivity contribution < 1.29 is 17.5 Å². The Morgan fingerprint density at radius 3 is 2.44 bits per heavy atom. The molecule has 0 spiro atoms. The SMILES string of the molecule is CCOc1nc(NCc2ccccc2S(N)(=O)=O)nc2ccc(-c3ccc(F)cc3)cc12. The van der Waals surface area contributed by atoms with Gasteiger partial charge in [0.25, 0.3) is 0 Å². The highest BCUT2D eigenvalue weighted by Crippen LogP contribution is 2.30. The molecule has 4 rings (SSSR count). The van der Waals surface area contributed by atoms with E-state index in [-0.39, 0.29) is 17.3 Å². The zero-order chi connectivity index (χ0) is 22.7. The van der Waals surface area contributed by atoms with Crippen LogP contribution in [-0.2, 0) is 16.6 Å². The summed E-state index contributed by atoms with van der Waals surface area (Å²) in [6.45, 7) is 2.42. The first-order valence-electron chi connectivity index (χ1n) is 9.90. The molecule has 0 aliphatic heterocycles. The van der Waals surface area contributed by atoms with Crippen molar-refractivity contribution in [3.05, 3.63) is 78.1 Å². The maximum absolute atomic E-state index is 13.3. The number of fused-ring (bicyclic) bond motifs is 1. The van der Waals surface area contributed by atoms with Crippen LogP contribution < -0.4 is 15.2 Å². The van der Waals surface area contributed by atoms with E-state index in [4.69, 9.17) is 9.88 Å². The van der Waals surface area contributed by atoms with Crippen LogP contribution in [0.2, 0.25) is 0 Å². The smallest absolute Gasteiger partial charge is 0.238 e. The Morgan fingerprint density at radius 2 is 1.72 bits per heavy atom. The molecule has 4 aromatic rings. The predicted molar refractivity (Wildman–Crippen MR) is 121 cm³/mol. The molecule has 0 unspecified atom stereocenters. The van der Waals surface area contributed by atoms with Gasteiger partial charge in [-0.2, -0.15) is 4.98 Å². The van der Waals surface area contributed by atoms with Crippen molar-refractivity contribution in [2.45, 2.75) is 18.4 Å². The Balaban J connectivity index is 1.68. The highest BCUT2D eigenvalue weighted by molar-refractivity contribution is 7.89. The summed E-state index contributed by atoms with van der Waals surface area (Å²) in [7, 11) is -3.85.